The minimum atomic E-state index is -0.130. The third kappa shape index (κ3) is 3.16. The summed E-state index contributed by atoms with van der Waals surface area (Å²) < 4.78 is 14.7. The van der Waals surface area contributed by atoms with Crippen molar-refractivity contribution in [2.24, 2.45) is 0 Å². The van der Waals surface area contributed by atoms with Crippen molar-refractivity contribution in [2.75, 3.05) is 0 Å². The van der Waals surface area contributed by atoms with Crippen molar-refractivity contribution < 1.29 is 4.39 Å². The van der Waals surface area contributed by atoms with Crippen LogP contribution in [-0.2, 0) is 6.42 Å². The molecule has 4 rings (SSSR count). The van der Waals surface area contributed by atoms with Gasteiger partial charge in [0.25, 0.3) is 0 Å². The molecule has 122 valence electrons. The second-order valence-electron chi connectivity index (χ2n) is 6.62. The molecule has 0 saturated heterocycles. The number of thiophene rings is 1. The summed E-state index contributed by atoms with van der Waals surface area (Å²) in [5, 5.41) is 0. The zero-order valence-corrected chi connectivity index (χ0v) is 14.7. The average molecular weight is 336 g/mol. The van der Waals surface area contributed by atoms with E-state index in [0.717, 1.165) is 40.3 Å². The Morgan fingerprint density at radius 1 is 0.958 bits per heavy atom. The van der Waals surface area contributed by atoms with Gasteiger partial charge in [-0.3, -0.25) is 0 Å². The van der Waals surface area contributed by atoms with Crippen molar-refractivity contribution in [3.05, 3.63) is 70.9 Å². The van der Waals surface area contributed by atoms with Gasteiger partial charge in [-0.25, -0.2) is 4.39 Å². The number of rotatable bonds is 5. The SMILES string of the molecule is CCCc1ccc(-c2ccc(-c3ccc(C4CC4)s3)c(F)c2)cc1. The van der Waals surface area contributed by atoms with Gasteiger partial charge >= 0.3 is 0 Å². The fourth-order valence-electron chi connectivity index (χ4n) is 3.13. The maximum atomic E-state index is 14.7. The molecule has 0 radical (unpaired) electrons. The van der Waals surface area contributed by atoms with Crippen LogP contribution in [0.5, 0.6) is 0 Å². The summed E-state index contributed by atoms with van der Waals surface area (Å²) in [6, 6.07) is 18.3. The van der Waals surface area contributed by atoms with Crippen molar-refractivity contribution in [1.82, 2.24) is 0 Å². The highest BCUT2D eigenvalue weighted by molar-refractivity contribution is 7.15. The Kier molecular flexibility index (Phi) is 4.24. The van der Waals surface area contributed by atoms with E-state index in [-0.39, 0.29) is 5.82 Å². The van der Waals surface area contributed by atoms with E-state index in [2.05, 4.69) is 43.3 Å². The Morgan fingerprint density at radius 2 is 1.71 bits per heavy atom. The topological polar surface area (TPSA) is 0 Å². The van der Waals surface area contributed by atoms with Crippen molar-refractivity contribution in [3.8, 4) is 21.6 Å². The summed E-state index contributed by atoms with van der Waals surface area (Å²) >= 11 is 1.74. The van der Waals surface area contributed by atoms with Gasteiger partial charge in [-0.2, -0.15) is 0 Å². The van der Waals surface area contributed by atoms with E-state index in [0.29, 0.717) is 0 Å². The molecule has 0 spiro atoms. The van der Waals surface area contributed by atoms with E-state index < -0.39 is 0 Å². The lowest BCUT2D eigenvalue weighted by Gasteiger charge is -2.07. The molecular formula is C22H21FS. The number of aryl methyl sites for hydroxylation is 1. The van der Waals surface area contributed by atoms with Crippen LogP contribution in [-0.4, -0.2) is 0 Å². The highest BCUT2D eigenvalue weighted by atomic mass is 32.1. The minimum absolute atomic E-state index is 0.130. The zero-order chi connectivity index (χ0) is 16.5. The molecule has 1 aromatic heterocycles. The molecule has 0 unspecified atom stereocenters. The van der Waals surface area contributed by atoms with E-state index >= 15 is 0 Å². The molecule has 0 amide bonds. The van der Waals surface area contributed by atoms with Gasteiger partial charge in [-0.05, 0) is 66.1 Å². The van der Waals surface area contributed by atoms with Crippen molar-refractivity contribution in [2.45, 2.75) is 38.5 Å². The van der Waals surface area contributed by atoms with Crippen LogP contribution in [0.2, 0.25) is 0 Å². The average Bonchev–Trinajstić information content (AvgIpc) is 3.34. The largest absolute Gasteiger partial charge is 0.206 e. The Labute approximate surface area is 147 Å². The monoisotopic (exact) mass is 336 g/mol. The van der Waals surface area contributed by atoms with Crippen LogP contribution < -0.4 is 0 Å². The highest BCUT2D eigenvalue weighted by Crippen LogP contribution is 2.45. The fourth-order valence-corrected chi connectivity index (χ4v) is 4.34. The smallest absolute Gasteiger partial charge is 0.132 e. The van der Waals surface area contributed by atoms with Crippen molar-refractivity contribution in [3.63, 3.8) is 0 Å². The summed E-state index contributed by atoms with van der Waals surface area (Å²) in [6.45, 7) is 2.18. The first-order valence-electron chi connectivity index (χ1n) is 8.73. The lowest BCUT2D eigenvalue weighted by molar-refractivity contribution is 0.632. The molecule has 0 nitrogen and oxygen atoms in total. The van der Waals surface area contributed by atoms with Crippen LogP contribution in [0.1, 0.15) is 42.5 Å². The van der Waals surface area contributed by atoms with E-state index in [1.165, 1.54) is 23.3 Å². The van der Waals surface area contributed by atoms with Gasteiger partial charge in [-0.15, -0.1) is 11.3 Å². The highest BCUT2D eigenvalue weighted by Gasteiger charge is 2.25. The molecule has 1 aliphatic carbocycles. The maximum Gasteiger partial charge on any atom is 0.132 e. The van der Waals surface area contributed by atoms with Crippen LogP contribution >= 0.6 is 11.3 Å². The number of benzene rings is 2. The molecule has 1 heterocycles. The van der Waals surface area contributed by atoms with Gasteiger partial charge < -0.3 is 0 Å². The van der Waals surface area contributed by atoms with Crippen LogP contribution in [0.4, 0.5) is 4.39 Å². The van der Waals surface area contributed by atoms with E-state index in [9.17, 15) is 4.39 Å². The molecule has 1 aliphatic rings. The summed E-state index contributed by atoms with van der Waals surface area (Å²) in [5.74, 6) is 0.599. The number of halogens is 1. The summed E-state index contributed by atoms with van der Waals surface area (Å²) in [6.07, 6.45) is 4.81. The molecule has 24 heavy (non-hydrogen) atoms. The van der Waals surface area contributed by atoms with Crippen molar-refractivity contribution in [1.29, 1.82) is 0 Å². The second-order valence-corrected chi connectivity index (χ2v) is 7.73. The Hall–Kier alpha value is -1.93. The molecule has 3 aromatic rings. The van der Waals surface area contributed by atoms with Gasteiger partial charge in [0.1, 0.15) is 5.82 Å². The standard InChI is InChI=1S/C22H21FS/c1-2-3-15-4-6-16(7-5-15)18-10-11-19(20(23)14-18)22-13-12-21(24-22)17-8-9-17/h4-7,10-14,17H,2-3,8-9H2,1H3. The van der Waals surface area contributed by atoms with Crippen LogP contribution in [0, 0.1) is 5.82 Å². The van der Waals surface area contributed by atoms with Gasteiger partial charge in [0.15, 0.2) is 0 Å². The first kappa shape index (κ1) is 15.6. The van der Waals surface area contributed by atoms with Crippen LogP contribution in [0.15, 0.2) is 54.6 Å². The zero-order valence-electron chi connectivity index (χ0n) is 13.9. The molecule has 0 bridgehead atoms. The van der Waals surface area contributed by atoms with Gasteiger partial charge in [0.05, 0.1) is 0 Å². The van der Waals surface area contributed by atoms with Crippen LogP contribution in [0.3, 0.4) is 0 Å². The van der Waals surface area contributed by atoms with E-state index in [1.54, 1.807) is 17.4 Å². The normalized spacial score (nSPS) is 14.1. The molecular weight excluding hydrogens is 315 g/mol. The van der Waals surface area contributed by atoms with Crippen LogP contribution in [0.25, 0.3) is 21.6 Å². The molecule has 0 aliphatic heterocycles. The predicted octanol–water partition coefficient (Wildman–Crippen LogP) is 7.05. The minimum Gasteiger partial charge on any atom is -0.206 e. The molecule has 0 atom stereocenters. The second kappa shape index (κ2) is 6.52. The van der Waals surface area contributed by atoms with E-state index in [1.807, 2.05) is 12.1 Å². The molecule has 1 saturated carbocycles. The Morgan fingerprint density at radius 3 is 2.38 bits per heavy atom. The third-order valence-electron chi connectivity index (χ3n) is 4.67. The summed E-state index contributed by atoms with van der Waals surface area (Å²) in [5.41, 5.74) is 4.08. The van der Waals surface area contributed by atoms with Gasteiger partial charge in [-0.1, -0.05) is 43.7 Å². The predicted molar refractivity (Wildman–Crippen MR) is 101 cm³/mol. The Bertz CT molecular complexity index is 841. The molecule has 0 N–H and O–H groups in total. The van der Waals surface area contributed by atoms with E-state index in [4.69, 9.17) is 0 Å². The quantitative estimate of drug-likeness (QED) is 0.468. The van der Waals surface area contributed by atoms with Crippen molar-refractivity contribution >= 4 is 11.3 Å². The van der Waals surface area contributed by atoms with Gasteiger partial charge in [0.2, 0.25) is 0 Å². The lowest BCUT2D eigenvalue weighted by Crippen LogP contribution is -1.86. The summed E-state index contributed by atoms with van der Waals surface area (Å²) in [4.78, 5) is 2.44. The third-order valence-corrected chi connectivity index (χ3v) is 5.95. The lowest BCUT2D eigenvalue weighted by atomic mass is 10.0. The molecule has 1 fully saturated rings. The maximum absolute atomic E-state index is 14.7. The first-order valence-corrected chi connectivity index (χ1v) is 9.55. The van der Waals surface area contributed by atoms with Gasteiger partial charge in [0, 0.05) is 15.3 Å². The molecule has 2 heteroatoms. The number of hydrogen-bond acceptors (Lipinski definition) is 1. The number of hydrogen-bond donors (Lipinski definition) is 0. The summed E-state index contributed by atoms with van der Waals surface area (Å²) in [7, 11) is 0. The Balaban J connectivity index is 1.60. The molecule has 2 aromatic carbocycles. The fraction of sp³-hybridized carbons (Fsp3) is 0.273. The first-order chi connectivity index (χ1) is 11.7.